The van der Waals surface area contributed by atoms with E-state index in [1.54, 1.807) is 0 Å². The second kappa shape index (κ2) is 6.45. The molecular formula is C13H27. The van der Waals surface area contributed by atoms with Crippen molar-refractivity contribution >= 4 is 0 Å². The van der Waals surface area contributed by atoms with Crippen molar-refractivity contribution in [3.8, 4) is 0 Å². The monoisotopic (exact) mass is 183 g/mol. The van der Waals surface area contributed by atoms with Crippen LogP contribution in [0.3, 0.4) is 0 Å². The lowest BCUT2D eigenvalue weighted by molar-refractivity contribution is 0.359. The van der Waals surface area contributed by atoms with Crippen molar-refractivity contribution in [2.24, 2.45) is 23.7 Å². The first-order valence-corrected chi connectivity index (χ1v) is 5.82. The fourth-order valence-corrected chi connectivity index (χ4v) is 1.31. The van der Waals surface area contributed by atoms with Crippen LogP contribution >= 0.6 is 0 Å². The van der Waals surface area contributed by atoms with Crippen molar-refractivity contribution in [2.45, 2.75) is 54.4 Å². The molecule has 0 aliphatic heterocycles. The van der Waals surface area contributed by atoms with Gasteiger partial charge in [0.15, 0.2) is 0 Å². The molecule has 0 rings (SSSR count). The highest BCUT2D eigenvalue weighted by molar-refractivity contribution is 4.79. The largest absolute Gasteiger partial charge is 0.0651 e. The summed E-state index contributed by atoms with van der Waals surface area (Å²) in [6.07, 6.45) is 5.09. The Kier molecular flexibility index (Phi) is 6.45. The Labute approximate surface area is 85.1 Å². The van der Waals surface area contributed by atoms with Gasteiger partial charge in [-0.3, -0.25) is 0 Å². The van der Waals surface area contributed by atoms with Crippen LogP contribution in [0.4, 0.5) is 0 Å². The van der Waals surface area contributed by atoms with Gasteiger partial charge in [-0.05, 0) is 36.5 Å². The van der Waals surface area contributed by atoms with Crippen LogP contribution in [0.1, 0.15) is 54.4 Å². The molecule has 0 saturated carbocycles. The molecule has 79 valence electrons. The average Bonchev–Trinajstić information content (AvgIpc) is 2.11. The van der Waals surface area contributed by atoms with Crippen molar-refractivity contribution in [2.75, 3.05) is 0 Å². The number of hydrogen-bond acceptors (Lipinski definition) is 0. The third-order valence-corrected chi connectivity index (χ3v) is 3.56. The van der Waals surface area contributed by atoms with Crippen molar-refractivity contribution in [3.63, 3.8) is 0 Å². The predicted octanol–water partition coefficient (Wildman–Crippen LogP) is 4.56. The smallest absolute Gasteiger partial charge is 0.0352 e. The van der Waals surface area contributed by atoms with Crippen LogP contribution < -0.4 is 0 Å². The summed E-state index contributed by atoms with van der Waals surface area (Å²) in [5.41, 5.74) is 0. The molecule has 1 radical (unpaired) electrons. The van der Waals surface area contributed by atoms with Crippen LogP contribution in [0.15, 0.2) is 0 Å². The molecule has 0 heteroatoms. The summed E-state index contributed by atoms with van der Waals surface area (Å²) in [6.45, 7) is 14.0. The van der Waals surface area contributed by atoms with Gasteiger partial charge in [0.05, 0.1) is 0 Å². The first kappa shape index (κ1) is 13.0. The Hall–Kier alpha value is 0. The Balaban J connectivity index is 3.63. The molecule has 0 heterocycles. The molecule has 0 aliphatic carbocycles. The standard InChI is InChI=1S/C13H27/c1-7-11(4)13(6)9-8-12(5)10(2)3/h9-13H,7-8H2,1-6H3. The number of hydrogen-bond donors (Lipinski definition) is 0. The van der Waals surface area contributed by atoms with Crippen LogP contribution in [0.2, 0.25) is 0 Å². The second-order valence-electron chi connectivity index (χ2n) is 4.94. The fourth-order valence-electron chi connectivity index (χ4n) is 1.31. The highest BCUT2D eigenvalue weighted by atomic mass is 14.2. The lowest BCUT2D eigenvalue weighted by atomic mass is 9.84. The van der Waals surface area contributed by atoms with Crippen molar-refractivity contribution in [3.05, 3.63) is 6.42 Å². The average molecular weight is 183 g/mol. The highest BCUT2D eigenvalue weighted by Crippen LogP contribution is 2.23. The maximum Gasteiger partial charge on any atom is -0.0352 e. The third-order valence-electron chi connectivity index (χ3n) is 3.56. The van der Waals surface area contributed by atoms with Gasteiger partial charge in [-0.2, -0.15) is 0 Å². The maximum absolute atomic E-state index is 2.51. The molecule has 0 spiro atoms. The summed E-state index contributed by atoms with van der Waals surface area (Å²) < 4.78 is 0. The van der Waals surface area contributed by atoms with Crippen LogP contribution in [0, 0.1) is 30.1 Å². The first-order valence-electron chi connectivity index (χ1n) is 5.82. The SMILES string of the molecule is CCC(C)C(C)[CH]CC(C)C(C)C. The van der Waals surface area contributed by atoms with Crippen LogP contribution in [0.5, 0.6) is 0 Å². The molecule has 0 amide bonds. The molecule has 13 heavy (non-hydrogen) atoms. The first-order chi connectivity index (χ1) is 5.99. The van der Waals surface area contributed by atoms with Gasteiger partial charge in [0.25, 0.3) is 0 Å². The Bertz CT molecular complexity index is 115. The fraction of sp³-hybridized carbons (Fsp3) is 0.923. The molecule has 0 aromatic carbocycles. The van der Waals surface area contributed by atoms with Crippen LogP contribution in [-0.4, -0.2) is 0 Å². The molecule has 0 aromatic heterocycles. The van der Waals surface area contributed by atoms with E-state index >= 15 is 0 Å². The van der Waals surface area contributed by atoms with E-state index in [1.165, 1.54) is 12.8 Å². The van der Waals surface area contributed by atoms with Crippen LogP contribution in [0.25, 0.3) is 0 Å². The van der Waals surface area contributed by atoms with E-state index in [2.05, 4.69) is 48.0 Å². The zero-order valence-electron chi connectivity index (χ0n) is 10.3. The van der Waals surface area contributed by atoms with E-state index in [9.17, 15) is 0 Å². The van der Waals surface area contributed by atoms with E-state index in [0.717, 1.165) is 23.7 Å². The van der Waals surface area contributed by atoms with E-state index in [0.29, 0.717) is 0 Å². The second-order valence-corrected chi connectivity index (χ2v) is 4.94. The van der Waals surface area contributed by atoms with Crippen molar-refractivity contribution in [1.82, 2.24) is 0 Å². The van der Waals surface area contributed by atoms with E-state index < -0.39 is 0 Å². The van der Waals surface area contributed by atoms with E-state index in [1.807, 2.05) is 0 Å². The van der Waals surface area contributed by atoms with Gasteiger partial charge in [-0.25, -0.2) is 0 Å². The molecule has 0 fully saturated rings. The molecule has 0 aliphatic rings. The van der Waals surface area contributed by atoms with Gasteiger partial charge in [-0.15, -0.1) is 0 Å². The molecule has 0 bridgehead atoms. The summed E-state index contributed by atoms with van der Waals surface area (Å²) in [4.78, 5) is 0. The molecule has 0 aromatic rings. The zero-order valence-corrected chi connectivity index (χ0v) is 10.3. The molecular weight excluding hydrogens is 156 g/mol. The normalized spacial score (nSPS) is 18.7. The summed E-state index contributed by atoms with van der Waals surface area (Å²) in [6, 6.07) is 0. The van der Waals surface area contributed by atoms with Crippen molar-refractivity contribution < 1.29 is 0 Å². The van der Waals surface area contributed by atoms with Crippen LogP contribution in [-0.2, 0) is 0 Å². The van der Waals surface area contributed by atoms with Gasteiger partial charge in [0.1, 0.15) is 0 Å². The van der Waals surface area contributed by atoms with Gasteiger partial charge in [0, 0.05) is 0 Å². The summed E-state index contributed by atoms with van der Waals surface area (Å²) >= 11 is 0. The Morgan fingerprint density at radius 2 is 1.46 bits per heavy atom. The maximum atomic E-state index is 2.51. The van der Waals surface area contributed by atoms with E-state index in [4.69, 9.17) is 0 Å². The summed E-state index contributed by atoms with van der Waals surface area (Å²) in [5.74, 6) is 3.29. The lowest BCUT2D eigenvalue weighted by Gasteiger charge is -2.21. The minimum absolute atomic E-state index is 0.784. The van der Waals surface area contributed by atoms with E-state index in [-0.39, 0.29) is 0 Å². The zero-order chi connectivity index (χ0) is 10.4. The van der Waals surface area contributed by atoms with Gasteiger partial charge in [-0.1, -0.05) is 48.0 Å². The highest BCUT2D eigenvalue weighted by Gasteiger charge is 2.13. The molecule has 0 nitrogen and oxygen atoms in total. The summed E-state index contributed by atoms with van der Waals surface area (Å²) in [7, 11) is 0. The lowest BCUT2D eigenvalue weighted by Crippen LogP contribution is -2.11. The van der Waals surface area contributed by atoms with Gasteiger partial charge >= 0.3 is 0 Å². The Morgan fingerprint density at radius 1 is 0.923 bits per heavy atom. The molecule has 0 N–H and O–H groups in total. The van der Waals surface area contributed by atoms with Gasteiger partial charge in [0.2, 0.25) is 0 Å². The van der Waals surface area contributed by atoms with Crippen molar-refractivity contribution in [1.29, 1.82) is 0 Å². The predicted molar refractivity (Wildman–Crippen MR) is 61.5 cm³/mol. The quantitative estimate of drug-likeness (QED) is 0.566. The molecule has 0 saturated heterocycles. The molecule has 3 atom stereocenters. The Morgan fingerprint density at radius 3 is 1.85 bits per heavy atom. The molecule has 3 unspecified atom stereocenters. The minimum atomic E-state index is 0.784. The topological polar surface area (TPSA) is 0 Å². The number of rotatable bonds is 6. The van der Waals surface area contributed by atoms with Gasteiger partial charge < -0.3 is 0 Å². The third kappa shape index (κ3) is 5.33. The summed E-state index contributed by atoms with van der Waals surface area (Å²) in [5, 5.41) is 0. The minimum Gasteiger partial charge on any atom is -0.0651 e.